The summed E-state index contributed by atoms with van der Waals surface area (Å²) in [5.74, 6) is 0.863. The van der Waals surface area contributed by atoms with E-state index in [4.69, 9.17) is 9.47 Å². The fourth-order valence-corrected chi connectivity index (χ4v) is 2.88. The van der Waals surface area contributed by atoms with Gasteiger partial charge in [-0.25, -0.2) is 0 Å². The number of anilines is 2. The molecule has 2 heterocycles. The lowest BCUT2D eigenvalue weighted by atomic mass is 9.88. The van der Waals surface area contributed by atoms with E-state index in [-0.39, 0.29) is 5.41 Å². The summed E-state index contributed by atoms with van der Waals surface area (Å²) in [6.07, 6.45) is 3.77. The summed E-state index contributed by atoms with van der Waals surface area (Å²) < 4.78 is 11.4. The van der Waals surface area contributed by atoms with Crippen LogP contribution in [0.5, 0.6) is 5.75 Å². The van der Waals surface area contributed by atoms with E-state index in [1.165, 1.54) is 5.56 Å². The number of ether oxygens (including phenoxy) is 2. The Morgan fingerprint density at radius 2 is 1.92 bits per heavy atom. The van der Waals surface area contributed by atoms with Crippen LogP contribution in [0.3, 0.4) is 0 Å². The van der Waals surface area contributed by atoms with Gasteiger partial charge in [0.2, 0.25) is 0 Å². The van der Waals surface area contributed by atoms with Crippen molar-refractivity contribution in [3.63, 3.8) is 0 Å². The first-order valence-electron chi connectivity index (χ1n) is 9.27. The molecule has 26 heavy (non-hydrogen) atoms. The lowest BCUT2D eigenvalue weighted by Gasteiger charge is -2.26. The molecule has 0 bridgehead atoms. The average molecular weight is 355 g/mol. The Morgan fingerprint density at radius 1 is 1.15 bits per heavy atom. The Labute approximate surface area is 156 Å². The van der Waals surface area contributed by atoms with Crippen LogP contribution in [-0.4, -0.2) is 49.3 Å². The second-order valence-corrected chi connectivity index (χ2v) is 7.64. The molecule has 1 aliphatic rings. The minimum absolute atomic E-state index is 0.0683. The van der Waals surface area contributed by atoms with Gasteiger partial charge >= 0.3 is 0 Å². The number of para-hydroxylation sites is 2. The van der Waals surface area contributed by atoms with Gasteiger partial charge in [0.15, 0.2) is 0 Å². The second kappa shape index (κ2) is 8.52. The van der Waals surface area contributed by atoms with Crippen LogP contribution in [0.2, 0.25) is 0 Å². The number of nitrogens with one attached hydrogen (secondary N) is 1. The van der Waals surface area contributed by atoms with Crippen molar-refractivity contribution in [3.8, 4) is 5.75 Å². The summed E-state index contributed by atoms with van der Waals surface area (Å²) in [6.45, 7) is 11.7. The molecule has 1 fully saturated rings. The molecule has 0 saturated carbocycles. The minimum atomic E-state index is 0.0683. The van der Waals surface area contributed by atoms with Crippen LogP contribution in [-0.2, 0) is 10.2 Å². The van der Waals surface area contributed by atoms with Crippen molar-refractivity contribution in [2.24, 2.45) is 0 Å². The topological polar surface area (TPSA) is 46.6 Å². The molecule has 0 spiro atoms. The van der Waals surface area contributed by atoms with E-state index in [1.807, 2.05) is 36.7 Å². The van der Waals surface area contributed by atoms with E-state index < -0.39 is 0 Å². The van der Waals surface area contributed by atoms with Crippen molar-refractivity contribution in [1.29, 1.82) is 0 Å². The number of nitrogens with zero attached hydrogens (tertiary/aromatic N) is 2. The second-order valence-electron chi connectivity index (χ2n) is 7.64. The standard InChI is InChI=1S/C21H29N3O2/c1-21(2,3)17-14-18(16-22-15-17)23-19-6-4-5-7-20(19)26-13-10-24-8-11-25-12-9-24/h4-7,14-16,23H,8-13H2,1-3H3. The van der Waals surface area contributed by atoms with Crippen molar-refractivity contribution in [2.45, 2.75) is 26.2 Å². The molecule has 1 aromatic carbocycles. The van der Waals surface area contributed by atoms with Crippen LogP contribution in [0.4, 0.5) is 11.4 Å². The first kappa shape index (κ1) is 18.7. The summed E-state index contributed by atoms with van der Waals surface area (Å²) in [4.78, 5) is 6.75. The molecule has 0 aliphatic carbocycles. The zero-order chi connectivity index (χ0) is 18.4. The van der Waals surface area contributed by atoms with Gasteiger partial charge in [-0.15, -0.1) is 0 Å². The molecule has 0 radical (unpaired) electrons. The molecule has 3 rings (SSSR count). The van der Waals surface area contributed by atoms with Crippen molar-refractivity contribution in [1.82, 2.24) is 9.88 Å². The number of benzene rings is 1. The van der Waals surface area contributed by atoms with E-state index in [0.29, 0.717) is 6.61 Å². The van der Waals surface area contributed by atoms with Crippen LogP contribution < -0.4 is 10.1 Å². The predicted molar refractivity (Wildman–Crippen MR) is 105 cm³/mol. The van der Waals surface area contributed by atoms with Gasteiger partial charge in [-0.2, -0.15) is 0 Å². The SMILES string of the molecule is CC(C)(C)c1cncc(Nc2ccccc2OCCN2CCOCC2)c1. The van der Waals surface area contributed by atoms with Gasteiger partial charge < -0.3 is 14.8 Å². The molecule has 140 valence electrons. The highest BCUT2D eigenvalue weighted by Gasteiger charge is 2.15. The summed E-state index contributed by atoms with van der Waals surface area (Å²) in [6, 6.07) is 10.2. The third-order valence-electron chi connectivity index (χ3n) is 4.54. The molecular formula is C21H29N3O2. The van der Waals surface area contributed by atoms with Gasteiger partial charge in [-0.3, -0.25) is 9.88 Å². The summed E-state index contributed by atoms with van der Waals surface area (Å²) in [5, 5.41) is 3.45. The molecule has 1 N–H and O–H groups in total. The molecule has 1 aliphatic heterocycles. The molecular weight excluding hydrogens is 326 g/mol. The number of hydrogen-bond donors (Lipinski definition) is 1. The summed E-state index contributed by atoms with van der Waals surface area (Å²) in [7, 11) is 0. The molecule has 5 nitrogen and oxygen atoms in total. The Hall–Kier alpha value is -2.11. The molecule has 2 aromatic rings. The third kappa shape index (κ3) is 5.19. The lowest BCUT2D eigenvalue weighted by Crippen LogP contribution is -2.38. The minimum Gasteiger partial charge on any atom is -0.490 e. The highest BCUT2D eigenvalue weighted by Crippen LogP contribution is 2.29. The summed E-state index contributed by atoms with van der Waals surface area (Å²) in [5.41, 5.74) is 3.20. The summed E-state index contributed by atoms with van der Waals surface area (Å²) >= 11 is 0. The van der Waals surface area contributed by atoms with Crippen LogP contribution in [0.1, 0.15) is 26.3 Å². The highest BCUT2D eigenvalue weighted by molar-refractivity contribution is 5.66. The Balaban J connectivity index is 1.63. The monoisotopic (exact) mass is 355 g/mol. The zero-order valence-corrected chi connectivity index (χ0v) is 16.0. The largest absolute Gasteiger partial charge is 0.490 e. The van der Waals surface area contributed by atoms with Crippen molar-refractivity contribution >= 4 is 11.4 Å². The van der Waals surface area contributed by atoms with Crippen LogP contribution >= 0.6 is 0 Å². The van der Waals surface area contributed by atoms with Gasteiger partial charge in [0.1, 0.15) is 12.4 Å². The Kier molecular flexibility index (Phi) is 6.12. The van der Waals surface area contributed by atoms with Gasteiger partial charge in [0.05, 0.1) is 30.8 Å². The maximum absolute atomic E-state index is 6.04. The molecule has 1 saturated heterocycles. The average Bonchev–Trinajstić information content (AvgIpc) is 2.64. The normalized spacial score (nSPS) is 15.7. The first-order valence-corrected chi connectivity index (χ1v) is 9.27. The van der Waals surface area contributed by atoms with Crippen molar-refractivity contribution in [2.75, 3.05) is 44.8 Å². The van der Waals surface area contributed by atoms with Crippen LogP contribution in [0.15, 0.2) is 42.7 Å². The lowest BCUT2D eigenvalue weighted by molar-refractivity contribution is 0.0323. The number of morpholine rings is 1. The molecule has 0 amide bonds. The van der Waals surface area contributed by atoms with E-state index in [0.717, 1.165) is 50.0 Å². The smallest absolute Gasteiger partial charge is 0.142 e. The fourth-order valence-electron chi connectivity index (χ4n) is 2.88. The molecule has 5 heteroatoms. The van der Waals surface area contributed by atoms with Crippen molar-refractivity contribution in [3.05, 3.63) is 48.3 Å². The van der Waals surface area contributed by atoms with E-state index in [2.05, 4.69) is 42.0 Å². The van der Waals surface area contributed by atoms with E-state index in [1.54, 1.807) is 0 Å². The molecule has 1 aromatic heterocycles. The Bertz CT molecular complexity index is 706. The maximum atomic E-state index is 6.04. The molecule has 0 atom stereocenters. The fraction of sp³-hybridized carbons (Fsp3) is 0.476. The quantitative estimate of drug-likeness (QED) is 0.853. The first-order chi connectivity index (χ1) is 12.5. The predicted octanol–water partition coefficient (Wildman–Crippen LogP) is 3.83. The maximum Gasteiger partial charge on any atom is 0.142 e. The number of rotatable bonds is 6. The zero-order valence-electron chi connectivity index (χ0n) is 16.0. The van der Waals surface area contributed by atoms with Gasteiger partial charge in [0.25, 0.3) is 0 Å². The van der Waals surface area contributed by atoms with E-state index >= 15 is 0 Å². The third-order valence-corrected chi connectivity index (χ3v) is 4.54. The van der Waals surface area contributed by atoms with Gasteiger partial charge in [0, 0.05) is 25.8 Å². The number of aromatic nitrogens is 1. The van der Waals surface area contributed by atoms with Gasteiger partial charge in [-0.1, -0.05) is 32.9 Å². The van der Waals surface area contributed by atoms with Crippen LogP contribution in [0, 0.1) is 0 Å². The molecule has 0 unspecified atom stereocenters. The van der Waals surface area contributed by atoms with Crippen LogP contribution in [0.25, 0.3) is 0 Å². The van der Waals surface area contributed by atoms with Gasteiger partial charge in [-0.05, 0) is 29.2 Å². The Morgan fingerprint density at radius 3 is 2.69 bits per heavy atom. The van der Waals surface area contributed by atoms with Crippen molar-refractivity contribution < 1.29 is 9.47 Å². The number of pyridine rings is 1. The highest BCUT2D eigenvalue weighted by atomic mass is 16.5. The van der Waals surface area contributed by atoms with E-state index in [9.17, 15) is 0 Å². The number of hydrogen-bond acceptors (Lipinski definition) is 5.